The van der Waals surface area contributed by atoms with E-state index in [-0.39, 0.29) is 19.1 Å². The van der Waals surface area contributed by atoms with Gasteiger partial charge in [-0.1, -0.05) is 30.3 Å². The summed E-state index contributed by atoms with van der Waals surface area (Å²) in [7, 11) is 0. The molecule has 0 saturated heterocycles. The van der Waals surface area contributed by atoms with Crippen molar-refractivity contribution < 1.29 is 23.8 Å². The lowest BCUT2D eigenvalue weighted by atomic mass is 10.2. The Morgan fingerprint density at radius 1 is 0.929 bits per heavy atom. The summed E-state index contributed by atoms with van der Waals surface area (Å²) in [5, 5.41) is 2.72. The molecule has 7 heteroatoms. The zero-order valence-corrected chi connectivity index (χ0v) is 16.7. The third-order valence-electron chi connectivity index (χ3n) is 3.54. The zero-order chi connectivity index (χ0) is 20.0. The lowest BCUT2D eigenvalue weighted by Gasteiger charge is -2.08. The molecule has 0 spiro atoms. The zero-order valence-electron chi connectivity index (χ0n) is 15.9. The molecule has 0 bridgehead atoms. The highest BCUT2D eigenvalue weighted by molar-refractivity contribution is 7.98. The fourth-order valence-electron chi connectivity index (χ4n) is 2.21. The van der Waals surface area contributed by atoms with E-state index in [1.165, 1.54) is 5.56 Å². The number of rotatable bonds is 12. The molecular formula is C21H25NO5S. The first kappa shape index (κ1) is 21.6. The molecule has 0 saturated carbocycles. The van der Waals surface area contributed by atoms with Crippen LogP contribution in [0.3, 0.4) is 0 Å². The van der Waals surface area contributed by atoms with E-state index in [9.17, 15) is 9.59 Å². The van der Waals surface area contributed by atoms with Crippen LogP contribution in [0.4, 0.5) is 0 Å². The Bertz CT molecular complexity index is 721. The Labute approximate surface area is 169 Å². The largest absolute Gasteiger partial charge is 0.494 e. The molecule has 28 heavy (non-hydrogen) atoms. The Balaban J connectivity index is 1.52. The summed E-state index contributed by atoms with van der Waals surface area (Å²) in [5.41, 5.74) is 1.25. The molecule has 0 radical (unpaired) electrons. The van der Waals surface area contributed by atoms with Crippen molar-refractivity contribution in [2.75, 3.05) is 32.1 Å². The van der Waals surface area contributed by atoms with E-state index in [2.05, 4.69) is 17.4 Å². The van der Waals surface area contributed by atoms with Crippen LogP contribution in [0.25, 0.3) is 0 Å². The summed E-state index contributed by atoms with van der Waals surface area (Å²) >= 11 is 1.73. The van der Waals surface area contributed by atoms with Gasteiger partial charge >= 0.3 is 5.97 Å². The van der Waals surface area contributed by atoms with Gasteiger partial charge in [-0.2, -0.15) is 11.8 Å². The van der Waals surface area contributed by atoms with Crippen LogP contribution in [0, 0.1) is 0 Å². The smallest absolute Gasteiger partial charge is 0.344 e. The third-order valence-corrected chi connectivity index (χ3v) is 4.57. The SMILES string of the molecule is CCOc1ccc(OCC(=O)OCC(=O)NCCSCc2ccccc2)cc1. The van der Waals surface area contributed by atoms with Gasteiger partial charge in [-0.25, -0.2) is 4.79 Å². The van der Waals surface area contributed by atoms with E-state index in [0.29, 0.717) is 18.9 Å². The van der Waals surface area contributed by atoms with Crippen molar-refractivity contribution in [3.63, 3.8) is 0 Å². The lowest BCUT2D eigenvalue weighted by Crippen LogP contribution is -2.31. The van der Waals surface area contributed by atoms with E-state index in [1.807, 2.05) is 25.1 Å². The topological polar surface area (TPSA) is 73.9 Å². The molecule has 2 aromatic carbocycles. The Hall–Kier alpha value is -2.67. The van der Waals surface area contributed by atoms with Crippen LogP contribution in [0.5, 0.6) is 11.5 Å². The van der Waals surface area contributed by atoms with Crippen molar-refractivity contribution in [2.24, 2.45) is 0 Å². The number of esters is 1. The van der Waals surface area contributed by atoms with Crippen molar-refractivity contribution in [1.82, 2.24) is 5.32 Å². The molecule has 1 amide bonds. The van der Waals surface area contributed by atoms with Gasteiger partial charge < -0.3 is 19.5 Å². The van der Waals surface area contributed by atoms with Crippen LogP contribution in [0.2, 0.25) is 0 Å². The van der Waals surface area contributed by atoms with Gasteiger partial charge in [-0.15, -0.1) is 0 Å². The molecule has 2 rings (SSSR count). The standard InChI is InChI=1S/C21H25NO5S/c1-2-25-18-8-10-19(11-9-18)26-15-21(24)27-14-20(23)22-12-13-28-16-17-6-4-3-5-7-17/h3-11H,2,12-16H2,1H3,(H,22,23). The van der Waals surface area contributed by atoms with Crippen molar-refractivity contribution in [1.29, 1.82) is 0 Å². The second kappa shape index (κ2) is 12.7. The molecule has 150 valence electrons. The highest BCUT2D eigenvalue weighted by Crippen LogP contribution is 2.17. The first-order valence-corrected chi connectivity index (χ1v) is 10.2. The van der Waals surface area contributed by atoms with E-state index in [4.69, 9.17) is 14.2 Å². The average Bonchev–Trinajstić information content (AvgIpc) is 2.72. The molecule has 0 unspecified atom stereocenters. The van der Waals surface area contributed by atoms with Gasteiger partial charge in [0.25, 0.3) is 5.91 Å². The van der Waals surface area contributed by atoms with E-state index < -0.39 is 5.97 Å². The fourth-order valence-corrected chi connectivity index (χ4v) is 3.03. The molecule has 2 aromatic rings. The number of carbonyl (C=O) groups excluding carboxylic acids is 2. The predicted octanol–water partition coefficient (Wildman–Crippen LogP) is 3.06. The first-order valence-electron chi connectivity index (χ1n) is 9.07. The molecule has 0 atom stereocenters. The number of nitrogens with one attached hydrogen (secondary N) is 1. The molecular weight excluding hydrogens is 378 g/mol. The Morgan fingerprint density at radius 3 is 2.29 bits per heavy atom. The van der Waals surface area contributed by atoms with Gasteiger partial charge in [0, 0.05) is 18.1 Å². The predicted molar refractivity (Wildman–Crippen MR) is 110 cm³/mol. The molecule has 0 aliphatic carbocycles. The first-order chi connectivity index (χ1) is 13.7. The molecule has 0 aliphatic rings. The van der Waals surface area contributed by atoms with Crippen LogP contribution in [0.15, 0.2) is 54.6 Å². The number of hydrogen-bond acceptors (Lipinski definition) is 6. The number of ether oxygens (including phenoxy) is 3. The Morgan fingerprint density at radius 2 is 1.61 bits per heavy atom. The van der Waals surface area contributed by atoms with Gasteiger partial charge in [-0.3, -0.25) is 4.79 Å². The van der Waals surface area contributed by atoms with E-state index in [1.54, 1.807) is 36.0 Å². The lowest BCUT2D eigenvalue weighted by molar-refractivity contribution is -0.150. The summed E-state index contributed by atoms with van der Waals surface area (Å²) in [6.07, 6.45) is 0. The van der Waals surface area contributed by atoms with Crippen molar-refractivity contribution in [2.45, 2.75) is 12.7 Å². The molecule has 1 N–H and O–H groups in total. The minimum atomic E-state index is -0.595. The second-order valence-electron chi connectivity index (χ2n) is 5.74. The van der Waals surface area contributed by atoms with Gasteiger partial charge in [0.1, 0.15) is 11.5 Å². The summed E-state index contributed by atoms with van der Waals surface area (Å²) < 4.78 is 15.6. The number of hydrogen-bond donors (Lipinski definition) is 1. The number of carbonyl (C=O) groups is 2. The Kier molecular flexibility index (Phi) is 9.79. The molecule has 6 nitrogen and oxygen atoms in total. The number of benzene rings is 2. The summed E-state index contributed by atoms with van der Waals surface area (Å²) in [5.74, 6) is 2.03. The second-order valence-corrected chi connectivity index (χ2v) is 6.85. The normalized spacial score (nSPS) is 10.2. The third kappa shape index (κ3) is 8.81. The maximum Gasteiger partial charge on any atom is 0.344 e. The summed E-state index contributed by atoms with van der Waals surface area (Å²) in [6, 6.07) is 17.1. The van der Waals surface area contributed by atoms with Crippen molar-refractivity contribution in [3.05, 3.63) is 60.2 Å². The van der Waals surface area contributed by atoms with Gasteiger partial charge in [0.2, 0.25) is 0 Å². The summed E-state index contributed by atoms with van der Waals surface area (Å²) in [4.78, 5) is 23.4. The van der Waals surface area contributed by atoms with Gasteiger partial charge in [-0.05, 0) is 36.8 Å². The summed E-state index contributed by atoms with van der Waals surface area (Å²) in [6.45, 7) is 2.44. The average molecular weight is 404 g/mol. The van der Waals surface area contributed by atoms with Crippen LogP contribution in [-0.2, 0) is 20.1 Å². The molecule has 0 aromatic heterocycles. The maximum absolute atomic E-state index is 11.7. The molecule has 0 fully saturated rings. The number of thioether (sulfide) groups is 1. The van der Waals surface area contributed by atoms with Crippen molar-refractivity contribution in [3.8, 4) is 11.5 Å². The fraction of sp³-hybridized carbons (Fsp3) is 0.333. The molecule has 0 aliphatic heterocycles. The van der Waals surface area contributed by atoms with Gasteiger partial charge in [0.05, 0.1) is 6.61 Å². The number of amides is 1. The van der Waals surface area contributed by atoms with E-state index >= 15 is 0 Å². The monoisotopic (exact) mass is 403 g/mol. The van der Waals surface area contributed by atoms with Crippen LogP contribution < -0.4 is 14.8 Å². The maximum atomic E-state index is 11.7. The quantitative estimate of drug-likeness (QED) is 0.434. The van der Waals surface area contributed by atoms with Crippen molar-refractivity contribution >= 4 is 23.6 Å². The molecule has 0 heterocycles. The van der Waals surface area contributed by atoms with Crippen LogP contribution >= 0.6 is 11.8 Å². The highest BCUT2D eigenvalue weighted by atomic mass is 32.2. The van der Waals surface area contributed by atoms with Gasteiger partial charge in [0.15, 0.2) is 13.2 Å². The van der Waals surface area contributed by atoms with Crippen LogP contribution in [-0.4, -0.2) is 44.0 Å². The van der Waals surface area contributed by atoms with Crippen LogP contribution in [0.1, 0.15) is 12.5 Å². The minimum absolute atomic E-state index is 0.256. The van der Waals surface area contributed by atoms with E-state index in [0.717, 1.165) is 17.3 Å². The minimum Gasteiger partial charge on any atom is -0.494 e. The highest BCUT2D eigenvalue weighted by Gasteiger charge is 2.08.